The highest BCUT2D eigenvalue weighted by Gasteiger charge is 2.32. The molecule has 3 rings (SSSR count). The molecule has 8 heteroatoms. The van der Waals surface area contributed by atoms with Gasteiger partial charge in [0.25, 0.3) is 10.0 Å². The first kappa shape index (κ1) is 16.1. The third-order valence-electron chi connectivity index (χ3n) is 3.59. The second-order valence-corrected chi connectivity index (χ2v) is 7.07. The molecule has 1 aliphatic heterocycles. The summed E-state index contributed by atoms with van der Waals surface area (Å²) in [5.41, 5.74) is 1.27. The fourth-order valence-corrected chi connectivity index (χ4v) is 4.00. The molecule has 0 spiro atoms. The van der Waals surface area contributed by atoms with E-state index in [4.69, 9.17) is 5.11 Å². The fourth-order valence-electron chi connectivity index (χ4n) is 2.51. The predicted molar refractivity (Wildman–Crippen MR) is 85.5 cm³/mol. The molecule has 0 atom stereocenters. The molecule has 0 amide bonds. The summed E-state index contributed by atoms with van der Waals surface area (Å²) in [5, 5.41) is 8.64. The van der Waals surface area contributed by atoms with Gasteiger partial charge in [0, 0.05) is 18.8 Å². The number of carboxylic acids is 1. The number of halogens is 1. The molecule has 124 valence electrons. The molecule has 0 unspecified atom stereocenters. The van der Waals surface area contributed by atoms with E-state index in [1.165, 1.54) is 30.5 Å². The lowest BCUT2D eigenvalue weighted by atomic mass is 10.1. The van der Waals surface area contributed by atoms with Crippen LogP contribution in [0.3, 0.4) is 0 Å². The third kappa shape index (κ3) is 3.00. The van der Waals surface area contributed by atoms with Crippen LogP contribution in [0.25, 0.3) is 6.08 Å². The first-order valence-electron chi connectivity index (χ1n) is 7.06. The van der Waals surface area contributed by atoms with Gasteiger partial charge in [-0.15, -0.1) is 0 Å². The number of sulfonamides is 1. The molecule has 0 fully saturated rings. The Hall–Kier alpha value is -2.74. The molecule has 0 aliphatic carbocycles. The van der Waals surface area contributed by atoms with Crippen LogP contribution < -0.4 is 4.31 Å². The van der Waals surface area contributed by atoms with Gasteiger partial charge < -0.3 is 5.11 Å². The zero-order valence-corrected chi connectivity index (χ0v) is 13.2. The fraction of sp³-hybridized carbons (Fsp3) is 0.125. The van der Waals surface area contributed by atoms with Gasteiger partial charge in [-0.1, -0.05) is 6.07 Å². The number of benzene rings is 1. The lowest BCUT2D eigenvalue weighted by Crippen LogP contribution is -2.29. The van der Waals surface area contributed by atoms with Crippen LogP contribution in [-0.4, -0.2) is 31.0 Å². The van der Waals surface area contributed by atoms with E-state index in [0.717, 1.165) is 16.4 Å². The zero-order chi connectivity index (χ0) is 17.3. The van der Waals surface area contributed by atoms with Gasteiger partial charge in [0.2, 0.25) is 0 Å². The topological polar surface area (TPSA) is 87.6 Å². The van der Waals surface area contributed by atoms with E-state index in [-0.39, 0.29) is 17.3 Å². The van der Waals surface area contributed by atoms with Crippen LogP contribution in [-0.2, 0) is 21.2 Å². The van der Waals surface area contributed by atoms with Crippen molar-refractivity contribution in [2.45, 2.75) is 11.3 Å². The summed E-state index contributed by atoms with van der Waals surface area (Å²) < 4.78 is 39.8. The molecule has 6 nitrogen and oxygen atoms in total. The zero-order valence-electron chi connectivity index (χ0n) is 12.4. The molecule has 0 saturated heterocycles. The van der Waals surface area contributed by atoms with Gasteiger partial charge in [0.1, 0.15) is 11.6 Å². The van der Waals surface area contributed by atoms with Gasteiger partial charge in [0.15, 0.2) is 0 Å². The van der Waals surface area contributed by atoms with Crippen LogP contribution in [0.1, 0.15) is 11.1 Å². The molecular weight excluding hydrogens is 335 g/mol. The Morgan fingerprint density at radius 3 is 2.83 bits per heavy atom. The van der Waals surface area contributed by atoms with E-state index >= 15 is 0 Å². The Balaban J connectivity index is 1.96. The molecule has 1 aromatic carbocycles. The van der Waals surface area contributed by atoms with E-state index in [0.29, 0.717) is 17.5 Å². The van der Waals surface area contributed by atoms with Crippen molar-refractivity contribution < 1.29 is 22.7 Å². The number of aliphatic carboxylic acids is 1. The van der Waals surface area contributed by atoms with Crippen molar-refractivity contribution in [2.75, 3.05) is 10.8 Å². The van der Waals surface area contributed by atoms with Crippen molar-refractivity contribution >= 4 is 27.9 Å². The van der Waals surface area contributed by atoms with Crippen molar-refractivity contribution in [2.24, 2.45) is 0 Å². The van der Waals surface area contributed by atoms with Crippen LogP contribution >= 0.6 is 0 Å². The number of fused-ring (bicyclic) bond motifs is 1. The minimum atomic E-state index is -3.89. The summed E-state index contributed by atoms with van der Waals surface area (Å²) in [6.07, 6.45) is 4.22. The van der Waals surface area contributed by atoms with E-state index in [9.17, 15) is 17.6 Å². The molecule has 2 heterocycles. The summed E-state index contributed by atoms with van der Waals surface area (Å²) in [6, 6.07) is 6.52. The van der Waals surface area contributed by atoms with Gasteiger partial charge in [-0.3, -0.25) is 0 Å². The number of hydrogen-bond acceptors (Lipinski definition) is 4. The van der Waals surface area contributed by atoms with Gasteiger partial charge in [-0.25, -0.2) is 26.9 Å². The molecule has 0 saturated carbocycles. The highest BCUT2D eigenvalue weighted by atomic mass is 32.2. The van der Waals surface area contributed by atoms with E-state index in [2.05, 4.69) is 4.98 Å². The van der Waals surface area contributed by atoms with Gasteiger partial charge in [0.05, 0.1) is 4.90 Å². The largest absolute Gasteiger partial charge is 0.478 e. The van der Waals surface area contributed by atoms with Crippen molar-refractivity contribution in [3.8, 4) is 0 Å². The Labute approximate surface area is 137 Å². The summed E-state index contributed by atoms with van der Waals surface area (Å²) in [7, 11) is -3.89. The first-order valence-corrected chi connectivity index (χ1v) is 8.50. The highest BCUT2D eigenvalue weighted by Crippen LogP contribution is 2.31. The SMILES string of the molecule is O=C(O)/C=C/c1cnc2c(c1)CCN2S(=O)(=O)c1cccc(F)c1. The smallest absolute Gasteiger partial charge is 0.328 e. The molecule has 2 aromatic rings. The predicted octanol–water partition coefficient (Wildman–Crippen LogP) is 2.07. The number of aromatic nitrogens is 1. The summed E-state index contributed by atoms with van der Waals surface area (Å²) >= 11 is 0. The number of hydrogen-bond donors (Lipinski definition) is 1. The summed E-state index contributed by atoms with van der Waals surface area (Å²) in [4.78, 5) is 14.6. The molecule has 1 aliphatic rings. The van der Waals surface area contributed by atoms with E-state index < -0.39 is 21.8 Å². The van der Waals surface area contributed by atoms with Crippen LogP contribution in [0.2, 0.25) is 0 Å². The number of anilines is 1. The average molecular weight is 348 g/mol. The Kier molecular flexibility index (Phi) is 4.06. The van der Waals surface area contributed by atoms with Crippen molar-refractivity contribution in [3.05, 3.63) is 59.5 Å². The van der Waals surface area contributed by atoms with Gasteiger partial charge in [-0.05, 0) is 47.9 Å². The van der Waals surface area contributed by atoms with E-state index in [1.807, 2.05) is 0 Å². The molecule has 24 heavy (non-hydrogen) atoms. The van der Waals surface area contributed by atoms with Crippen LogP contribution in [0.15, 0.2) is 47.5 Å². The molecule has 0 bridgehead atoms. The number of rotatable bonds is 4. The first-order chi connectivity index (χ1) is 11.4. The average Bonchev–Trinajstić information content (AvgIpc) is 2.96. The maximum Gasteiger partial charge on any atom is 0.328 e. The van der Waals surface area contributed by atoms with Gasteiger partial charge >= 0.3 is 5.97 Å². The second-order valence-electron chi connectivity index (χ2n) is 5.21. The standard InChI is InChI=1S/C16H13FN2O4S/c17-13-2-1-3-14(9-13)24(22,23)19-7-6-12-8-11(4-5-15(20)21)10-18-16(12)19/h1-5,8-10H,6-7H2,(H,20,21)/b5-4+. The Bertz CT molecular complexity index is 941. The number of nitrogens with zero attached hydrogens (tertiary/aromatic N) is 2. The van der Waals surface area contributed by atoms with E-state index in [1.54, 1.807) is 6.07 Å². The molecule has 1 N–H and O–H groups in total. The Morgan fingerprint density at radius 2 is 2.12 bits per heavy atom. The van der Waals surface area contributed by atoms with Crippen molar-refractivity contribution in [1.82, 2.24) is 4.98 Å². The number of carbonyl (C=O) groups is 1. The minimum absolute atomic E-state index is 0.132. The van der Waals surface area contributed by atoms with Crippen LogP contribution in [0, 0.1) is 5.82 Å². The van der Waals surface area contributed by atoms with Crippen LogP contribution in [0.4, 0.5) is 10.2 Å². The van der Waals surface area contributed by atoms with Crippen molar-refractivity contribution in [1.29, 1.82) is 0 Å². The molecule has 1 aromatic heterocycles. The number of carboxylic acid groups (broad SMARTS) is 1. The molecular formula is C16H13FN2O4S. The maximum absolute atomic E-state index is 13.3. The lowest BCUT2D eigenvalue weighted by molar-refractivity contribution is -0.131. The summed E-state index contributed by atoms with van der Waals surface area (Å²) in [6.45, 7) is 0.202. The van der Waals surface area contributed by atoms with Gasteiger partial charge in [-0.2, -0.15) is 0 Å². The minimum Gasteiger partial charge on any atom is -0.478 e. The summed E-state index contributed by atoms with van der Waals surface area (Å²) in [5.74, 6) is -1.42. The lowest BCUT2D eigenvalue weighted by Gasteiger charge is -2.18. The monoisotopic (exact) mass is 348 g/mol. The highest BCUT2D eigenvalue weighted by molar-refractivity contribution is 7.92. The molecule has 0 radical (unpaired) electrons. The number of pyridine rings is 1. The van der Waals surface area contributed by atoms with Crippen molar-refractivity contribution in [3.63, 3.8) is 0 Å². The third-order valence-corrected chi connectivity index (χ3v) is 5.37. The normalized spacial score (nSPS) is 14.1. The quantitative estimate of drug-likeness (QED) is 0.855. The maximum atomic E-state index is 13.3. The second kappa shape index (κ2) is 6.04. The van der Waals surface area contributed by atoms with Crippen LogP contribution in [0.5, 0.6) is 0 Å². The Morgan fingerprint density at radius 1 is 1.33 bits per heavy atom.